The normalized spacial score (nSPS) is 15.4. The monoisotopic (exact) mass is 333 g/mol. The number of hydrogen-bond acceptors (Lipinski definition) is 7. The van der Waals surface area contributed by atoms with Gasteiger partial charge in [0.05, 0.1) is 24.8 Å². The highest BCUT2D eigenvalue weighted by Gasteiger charge is 2.19. The lowest BCUT2D eigenvalue weighted by molar-refractivity contribution is 0.122. The van der Waals surface area contributed by atoms with Crippen LogP contribution >= 0.6 is 0 Å². The lowest BCUT2D eigenvalue weighted by atomic mass is 10.3. The summed E-state index contributed by atoms with van der Waals surface area (Å²) in [4.78, 5) is 14.0. The second-order valence-corrected chi connectivity index (χ2v) is 5.93. The average molecular weight is 333 g/mol. The van der Waals surface area contributed by atoms with Gasteiger partial charge in [0, 0.05) is 33.2 Å². The Balaban J connectivity index is 1.81. The van der Waals surface area contributed by atoms with Crippen LogP contribution in [0.5, 0.6) is 0 Å². The molecule has 132 valence electrons. The third-order valence-corrected chi connectivity index (χ3v) is 4.49. The molecule has 1 N–H and O–H groups in total. The van der Waals surface area contributed by atoms with Crippen molar-refractivity contribution in [3.8, 4) is 0 Å². The van der Waals surface area contributed by atoms with Gasteiger partial charge in [-0.15, -0.1) is 0 Å². The molecular formula is C16H27N7O. The first-order chi connectivity index (χ1) is 11.7. The van der Waals surface area contributed by atoms with Gasteiger partial charge in [-0.25, -0.2) is 0 Å². The highest BCUT2D eigenvalue weighted by atomic mass is 16.5. The summed E-state index contributed by atoms with van der Waals surface area (Å²) in [5.41, 5.74) is 0.858. The van der Waals surface area contributed by atoms with Gasteiger partial charge in [-0.2, -0.15) is 15.1 Å². The Kier molecular flexibility index (Phi) is 5.47. The van der Waals surface area contributed by atoms with Crippen molar-refractivity contribution in [3.63, 3.8) is 0 Å². The largest absolute Gasteiger partial charge is 0.378 e. The number of ether oxygens (including phenoxy) is 1. The van der Waals surface area contributed by atoms with Crippen LogP contribution in [0.2, 0.25) is 0 Å². The lowest BCUT2D eigenvalue weighted by Gasteiger charge is -2.28. The van der Waals surface area contributed by atoms with Crippen molar-refractivity contribution < 1.29 is 4.74 Å². The summed E-state index contributed by atoms with van der Waals surface area (Å²) in [5, 5.41) is 8.71. The zero-order valence-corrected chi connectivity index (χ0v) is 14.8. The van der Waals surface area contributed by atoms with Gasteiger partial charge in [0.2, 0.25) is 5.95 Å². The van der Waals surface area contributed by atoms with Crippen LogP contribution in [-0.4, -0.2) is 77.1 Å². The van der Waals surface area contributed by atoms with Crippen molar-refractivity contribution in [2.45, 2.75) is 13.8 Å². The summed E-state index contributed by atoms with van der Waals surface area (Å²) in [6.07, 6.45) is 1.85. The number of aromatic nitrogens is 4. The maximum atomic E-state index is 5.46. The van der Waals surface area contributed by atoms with Crippen molar-refractivity contribution in [2.24, 2.45) is 7.05 Å². The Morgan fingerprint density at radius 3 is 2.67 bits per heavy atom. The number of rotatable bonds is 7. The van der Waals surface area contributed by atoms with E-state index >= 15 is 0 Å². The van der Waals surface area contributed by atoms with Crippen molar-refractivity contribution >= 4 is 22.8 Å². The minimum Gasteiger partial charge on any atom is -0.378 e. The molecule has 3 rings (SSSR count). The minimum absolute atomic E-state index is 0.666. The van der Waals surface area contributed by atoms with Crippen molar-refractivity contribution in [1.82, 2.24) is 24.6 Å². The molecule has 24 heavy (non-hydrogen) atoms. The fourth-order valence-corrected chi connectivity index (χ4v) is 2.97. The van der Waals surface area contributed by atoms with E-state index in [2.05, 4.69) is 39.0 Å². The Morgan fingerprint density at radius 2 is 1.96 bits per heavy atom. The predicted octanol–water partition coefficient (Wildman–Crippen LogP) is 0.954. The summed E-state index contributed by atoms with van der Waals surface area (Å²) in [7, 11) is 1.91. The number of likely N-dealkylation sites (N-methyl/N-ethyl adjacent to an activating group) is 1. The van der Waals surface area contributed by atoms with E-state index in [9.17, 15) is 0 Å². The zero-order chi connectivity index (χ0) is 16.9. The molecule has 0 saturated carbocycles. The van der Waals surface area contributed by atoms with E-state index in [1.165, 1.54) is 0 Å². The van der Waals surface area contributed by atoms with E-state index in [1.54, 1.807) is 4.68 Å². The van der Waals surface area contributed by atoms with Crippen molar-refractivity contribution in [2.75, 3.05) is 62.7 Å². The molecule has 1 fully saturated rings. The predicted molar refractivity (Wildman–Crippen MR) is 95.6 cm³/mol. The Bertz CT molecular complexity index is 662. The number of fused-ring (bicyclic) bond motifs is 1. The number of hydrogen-bond donors (Lipinski definition) is 1. The van der Waals surface area contributed by atoms with Crippen LogP contribution < -0.4 is 10.2 Å². The van der Waals surface area contributed by atoms with E-state index in [4.69, 9.17) is 9.72 Å². The highest BCUT2D eigenvalue weighted by molar-refractivity contribution is 5.88. The third-order valence-electron chi connectivity index (χ3n) is 4.49. The number of nitrogens with zero attached hydrogens (tertiary/aromatic N) is 6. The standard InChI is InChI=1S/C16H27N7O/c1-4-22(5-2)7-6-17-16-19-14-13(12-18-21(14)3)15(20-16)23-8-10-24-11-9-23/h12H,4-11H2,1-3H3,(H,17,19,20). The molecule has 0 radical (unpaired) electrons. The van der Waals surface area contributed by atoms with Gasteiger partial charge in [-0.1, -0.05) is 13.8 Å². The molecular weight excluding hydrogens is 306 g/mol. The van der Waals surface area contributed by atoms with Crippen LogP contribution in [0.25, 0.3) is 11.0 Å². The van der Waals surface area contributed by atoms with Crippen molar-refractivity contribution in [3.05, 3.63) is 6.20 Å². The van der Waals surface area contributed by atoms with Gasteiger partial charge in [0.15, 0.2) is 5.65 Å². The number of aryl methyl sites for hydroxylation is 1. The van der Waals surface area contributed by atoms with Crippen LogP contribution in [0.4, 0.5) is 11.8 Å². The van der Waals surface area contributed by atoms with E-state index in [-0.39, 0.29) is 0 Å². The van der Waals surface area contributed by atoms with E-state index in [1.807, 2.05) is 13.2 Å². The molecule has 1 aliphatic rings. The maximum absolute atomic E-state index is 5.46. The summed E-state index contributed by atoms with van der Waals surface area (Å²) < 4.78 is 7.26. The molecule has 0 unspecified atom stereocenters. The second kappa shape index (κ2) is 7.76. The van der Waals surface area contributed by atoms with Gasteiger partial charge < -0.3 is 19.9 Å². The van der Waals surface area contributed by atoms with Crippen molar-refractivity contribution in [1.29, 1.82) is 0 Å². The van der Waals surface area contributed by atoms with Crippen LogP contribution in [0, 0.1) is 0 Å². The molecule has 0 aliphatic carbocycles. The molecule has 8 nitrogen and oxygen atoms in total. The number of nitrogens with one attached hydrogen (secondary N) is 1. The molecule has 0 atom stereocenters. The molecule has 1 aliphatic heterocycles. The average Bonchev–Trinajstić information content (AvgIpc) is 3.00. The first-order valence-corrected chi connectivity index (χ1v) is 8.71. The van der Waals surface area contributed by atoms with Gasteiger partial charge >= 0.3 is 0 Å². The quantitative estimate of drug-likeness (QED) is 0.809. The molecule has 0 amide bonds. The van der Waals surface area contributed by atoms with Crippen LogP contribution in [0.1, 0.15) is 13.8 Å². The smallest absolute Gasteiger partial charge is 0.226 e. The van der Waals surface area contributed by atoms with Crippen LogP contribution in [0.3, 0.4) is 0 Å². The van der Waals surface area contributed by atoms with Crippen LogP contribution in [-0.2, 0) is 11.8 Å². The summed E-state index contributed by atoms with van der Waals surface area (Å²) >= 11 is 0. The third kappa shape index (κ3) is 3.59. The first-order valence-electron chi connectivity index (χ1n) is 8.71. The van der Waals surface area contributed by atoms with E-state index in [0.717, 1.165) is 69.3 Å². The summed E-state index contributed by atoms with van der Waals surface area (Å²) in [6.45, 7) is 11.4. The summed E-state index contributed by atoms with van der Waals surface area (Å²) in [5.74, 6) is 1.61. The highest BCUT2D eigenvalue weighted by Crippen LogP contribution is 2.25. The molecule has 2 aromatic rings. The SMILES string of the molecule is CCN(CC)CCNc1nc(N2CCOCC2)c2cnn(C)c2n1. The van der Waals surface area contributed by atoms with Gasteiger partial charge in [0.25, 0.3) is 0 Å². The first kappa shape index (κ1) is 16.9. The van der Waals surface area contributed by atoms with Gasteiger partial charge in [-0.05, 0) is 13.1 Å². The maximum Gasteiger partial charge on any atom is 0.226 e. The lowest BCUT2D eigenvalue weighted by Crippen LogP contribution is -2.37. The molecule has 2 aromatic heterocycles. The molecule has 0 bridgehead atoms. The van der Waals surface area contributed by atoms with E-state index < -0.39 is 0 Å². The number of anilines is 2. The minimum atomic E-state index is 0.666. The molecule has 0 aromatic carbocycles. The molecule has 3 heterocycles. The fraction of sp³-hybridized carbons (Fsp3) is 0.688. The second-order valence-electron chi connectivity index (χ2n) is 5.93. The van der Waals surface area contributed by atoms with E-state index in [0.29, 0.717) is 5.95 Å². The summed E-state index contributed by atoms with van der Waals surface area (Å²) in [6, 6.07) is 0. The Hall–Kier alpha value is -1.93. The van der Waals surface area contributed by atoms with Crippen LogP contribution in [0.15, 0.2) is 6.20 Å². The molecule has 8 heteroatoms. The Labute approximate surface area is 142 Å². The number of morpholine rings is 1. The zero-order valence-electron chi connectivity index (χ0n) is 14.8. The molecule has 1 saturated heterocycles. The Morgan fingerprint density at radius 1 is 1.21 bits per heavy atom. The molecule has 0 spiro atoms. The fourth-order valence-electron chi connectivity index (χ4n) is 2.97. The van der Waals surface area contributed by atoms with Gasteiger partial charge in [0.1, 0.15) is 5.82 Å². The van der Waals surface area contributed by atoms with Gasteiger partial charge in [-0.3, -0.25) is 4.68 Å². The topological polar surface area (TPSA) is 71.3 Å².